The number of hydrogen-bond acceptors (Lipinski definition) is 2. The quantitative estimate of drug-likeness (QED) is 0.862. The van der Waals surface area contributed by atoms with Gasteiger partial charge in [0.2, 0.25) is 0 Å². The Bertz CT molecular complexity index is 434. The minimum Gasteiger partial charge on any atom is -0.392 e. The highest BCUT2D eigenvalue weighted by Gasteiger charge is 2.16. The lowest BCUT2D eigenvalue weighted by Crippen LogP contribution is -2.29. The van der Waals surface area contributed by atoms with E-state index in [9.17, 15) is 5.11 Å². The van der Waals surface area contributed by atoms with Gasteiger partial charge in [0.15, 0.2) is 0 Å². The van der Waals surface area contributed by atoms with E-state index >= 15 is 0 Å². The molecular formula is C18H29NO. The molecule has 1 aliphatic rings. The Balaban J connectivity index is 1.79. The lowest BCUT2D eigenvalue weighted by Gasteiger charge is -2.22. The first-order valence-corrected chi connectivity index (χ1v) is 7.93. The van der Waals surface area contributed by atoms with Gasteiger partial charge in [-0.3, -0.25) is 0 Å². The second-order valence-electron chi connectivity index (χ2n) is 7.36. The van der Waals surface area contributed by atoms with Crippen LogP contribution in [0.3, 0.4) is 0 Å². The monoisotopic (exact) mass is 275 g/mol. The minimum atomic E-state index is -0.257. The maximum absolute atomic E-state index is 9.99. The molecule has 0 fully saturated rings. The Labute approximate surface area is 123 Å². The molecule has 0 saturated carbocycles. The second-order valence-corrected chi connectivity index (χ2v) is 7.36. The molecule has 2 heteroatoms. The molecule has 0 amide bonds. The third-order valence-electron chi connectivity index (χ3n) is 3.97. The first kappa shape index (κ1) is 15.5. The molecule has 2 nitrogen and oxygen atoms in total. The largest absolute Gasteiger partial charge is 0.392 e. The standard InChI is InChI=1S/C18H29NO/c1-18(2,3)11-17(20)13-19-12-14-8-9-15-6-4-5-7-16(15)10-14/h8-10,17,19-20H,4-7,11-13H2,1-3H3. The molecule has 0 radical (unpaired) electrons. The first-order chi connectivity index (χ1) is 9.44. The highest BCUT2D eigenvalue weighted by molar-refractivity contribution is 5.33. The summed E-state index contributed by atoms with van der Waals surface area (Å²) in [6, 6.07) is 6.86. The van der Waals surface area contributed by atoms with E-state index in [4.69, 9.17) is 0 Å². The van der Waals surface area contributed by atoms with Crippen molar-refractivity contribution < 1.29 is 5.11 Å². The summed E-state index contributed by atoms with van der Waals surface area (Å²) < 4.78 is 0. The van der Waals surface area contributed by atoms with E-state index in [2.05, 4.69) is 44.3 Å². The van der Waals surface area contributed by atoms with E-state index in [-0.39, 0.29) is 11.5 Å². The van der Waals surface area contributed by atoms with E-state index in [1.54, 1.807) is 0 Å². The van der Waals surface area contributed by atoms with E-state index in [1.165, 1.54) is 42.4 Å². The Morgan fingerprint density at radius 3 is 2.55 bits per heavy atom. The predicted octanol–water partition coefficient (Wildman–Crippen LogP) is 3.45. The summed E-state index contributed by atoms with van der Waals surface area (Å²) in [6.07, 6.45) is 5.72. The van der Waals surface area contributed by atoms with Crippen LogP contribution in [-0.2, 0) is 19.4 Å². The molecule has 1 aromatic carbocycles. The topological polar surface area (TPSA) is 32.3 Å². The van der Waals surface area contributed by atoms with Gasteiger partial charge < -0.3 is 10.4 Å². The van der Waals surface area contributed by atoms with Crippen molar-refractivity contribution in [1.29, 1.82) is 0 Å². The van der Waals surface area contributed by atoms with Crippen LogP contribution in [0.5, 0.6) is 0 Å². The smallest absolute Gasteiger partial charge is 0.0669 e. The van der Waals surface area contributed by atoms with Gasteiger partial charge in [-0.25, -0.2) is 0 Å². The fraction of sp³-hybridized carbons (Fsp3) is 0.667. The van der Waals surface area contributed by atoms with E-state index in [0.717, 1.165) is 13.0 Å². The molecule has 20 heavy (non-hydrogen) atoms. The minimum absolute atomic E-state index is 0.187. The summed E-state index contributed by atoms with van der Waals surface area (Å²) in [4.78, 5) is 0. The molecule has 1 aliphatic carbocycles. The average molecular weight is 275 g/mol. The molecule has 2 rings (SSSR count). The highest BCUT2D eigenvalue weighted by atomic mass is 16.3. The first-order valence-electron chi connectivity index (χ1n) is 7.93. The number of nitrogens with one attached hydrogen (secondary N) is 1. The Hall–Kier alpha value is -0.860. The van der Waals surface area contributed by atoms with Crippen LogP contribution in [-0.4, -0.2) is 17.8 Å². The van der Waals surface area contributed by atoms with Crippen LogP contribution in [0.4, 0.5) is 0 Å². The van der Waals surface area contributed by atoms with E-state index in [0.29, 0.717) is 6.54 Å². The molecule has 0 spiro atoms. The molecule has 0 saturated heterocycles. The van der Waals surface area contributed by atoms with Crippen LogP contribution < -0.4 is 5.32 Å². The number of rotatable bonds is 5. The van der Waals surface area contributed by atoms with Crippen molar-refractivity contribution in [2.45, 2.75) is 65.5 Å². The summed E-state index contributed by atoms with van der Waals surface area (Å²) >= 11 is 0. The van der Waals surface area contributed by atoms with Crippen molar-refractivity contribution in [2.75, 3.05) is 6.54 Å². The molecule has 112 valence electrons. The van der Waals surface area contributed by atoms with Gasteiger partial charge in [-0.15, -0.1) is 0 Å². The number of benzene rings is 1. The molecule has 1 aromatic rings. The molecule has 0 heterocycles. The number of hydrogen-bond donors (Lipinski definition) is 2. The zero-order chi connectivity index (χ0) is 14.6. The SMILES string of the molecule is CC(C)(C)CC(O)CNCc1ccc2c(c1)CCCC2. The lowest BCUT2D eigenvalue weighted by atomic mass is 9.89. The lowest BCUT2D eigenvalue weighted by molar-refractivity contribution is 0.119. The maximum Gasteiger partial charge on any atom is 0.0669 e. The second kappa shape index (κ2) is 6.73. The molecule has 1 unspecified atom stereocenters. The van der Waals surface area contributed by atoms with Crippen molar-refractivity contribution in [3.05, 3.63) is 34.9 Å². The molecule has 0 aliphatic heterocycles. The van der Waals surface area contributed by atoms with Crippen molar-refractivity contribution in [1.82, 2.24) is 5.32 Å². The van der Waals surface area contributed by atoms with Crippen LogP contribution >= 0.6 is 0 Å². The zero-order valence-corrected chi connectivity index (χ0v) is 13.2. The fourth-order valence-electron chi connectivity index (χ4n) is 3.06. The van der Waals surface area contributed by atoms with Crippen molar-refractivity contribution >= 4 is 0 Å². The van der Waals surface area contributed by atoms with Gasteiger partial charge in [0.1, 0.15) is 0 Å². The van der Waals surface area contributed by atoms with Gasteiger partial charge >= 0.3 is 0 Å². The summed E-state index contributed by atoms with van der Waals surface area (Å²) in [6.45, 7) is 8.03. The van der Waals surface area contributed by atoms with Crippen molar-refractivity contribution in [2.24, 2.45) is 5.41 Å². The average Bonchev–Trinajstić information content (AvgIpc) is 2.36. The number of fused-ring (bicyclic) bond motifs is 1. The van der Waals surface area contributed by atoms with Crippen LogP contribution in [0.25, 0.3) is 0 Å². The van der Waals surface area contributed by atoms with Crippen LogP contribution in [0, 0.1) is 5.41 Å². The van der Waals surface area contributed by atoms with Gasteiger partial charge in [-0.1, -0.05) is 39.0 Å². The van der Waals surface area contributed by atoms with Crippen molar-refractivity contribution in [3.8, 4) is 0 Å². The summed E-state index contributed by atoms with van der Waals surface area (Å²) in [5.41, 5.74) is 4.60. The molecule has 0 aromatic heterocycles. The molecular weight excluding hydrogens is 246 g/mol. The fourth-order valence-corrected chi connectivity index (χ4v) is 3.06. The number of aliphatic hydroxyl groups is 1. The van der Waals surface area contributed by atoms with Gasteiger partial charge in [0.05, 0.1) is 6.10 Å². The Kier molecular flexibility index (Phi) is 5.22. The van der Waals surface area contributed by atoms with Gasteiger partial charge in [0, 0.05) is 13.1 Å². The van der Waals surface area contributed by atoms with Crippen LogP contribution in [0.1, 0.15) is 56.7 Å². The van der Waals surface area contributed by atoms with Gasteiger partial charge in [-0.2, -0.15) is 0 Å². The molecule has 1 atom stereocenters. The predicted molar refractivity (Wildman–Crippen MR) is 84.9 cm³/mol. The molecule has 0 bridgehead atoms. The van der Waals surface area contributed by atoms with Crippen LogP contribution in [0.2, 0.25) is 0 Å². The normalized spacial score (nSPS) is 16.8. The Morgan fingerprint density at radius 1 is 1.15 bits per heavy atom. The summed E-state index contributed by atoms with van der Waals surface area (Å²) in [7, 11) is 0. The van der Waals surface area contributed by atoms with Crippen LogP contribution in [0.15, 0.2) is 18.2 Å². The number of aryl methyl sites for hydroxylation is 2. The summed E-state index contributed by atoms with van der Waals surface area (Å²) in [5, 5.41) is 13.4. The van der Waals surface area contributed by atoms with E-state index in [1.807, 2.05) is 0 Å². The van der Waals surface area contributed by atoms with Gasteiger partial charge in [0.25, 0.3) is 0 Å². The van der Waals surface area contributed by atoms with E-state index < -0.39 is 0 Å². The number of aliphatic hydroxyl groups excluding tert-OH is 1. The highest BCUT2D eigenvalue weighted by Crippen LogP contribution is 2.22. The molecule has 2 N–H and O–H groups in total. The third-order valence-corrected chi connectivity index (χ3v) is 3.97. The zero-order valence-electron chi connectivity index (χ0n) is 13.2. The maximum atomic E-state index is 9.99. The Morgan fingerprint density at radius 2 is 1.85 bits per heavy atom. The van der Waals surface area contributed by atoms with Gasteiger partial charge in [-0.05, 0) is 54.2 Å². The summed E-state index contributed by atoms with van der Waals surface area (Å²) in [5.74, 6) is 0. The van der Waals surface area contributed by atoms with Crippen molar-refractivity contribution in [3.63, 3.8) is 0 Å². The third kappa shape index (κ3) is 4.92.